The van der Waals surface area contributed by atoms with Gasteiger partial charge in [-0.15, -0.1) is 46.7 Å². The van der Waals surface area contributed by atoms with Crippen LogP contribution in [0, 0.1) is 11.8 Å². The Morgan fingerprint density at radius 2 is 0.792 bits per heavy atom. The number of hydrogen-bond acceptors (Lipinski definition) is 6. The first-order valence-corrected chi connectivity index (χ1v) is 21.7. The molecule has 2 atom stereocenters. The number of unbranched alkanes of at least 4 members (excludes halogenated alkanes) is 5. The average molecular weight is 796 g/mol. The van der Waals surface area contributed by atoms with Gasteiger partial charge < -0.3 is 9.47 Å². The van der Waals surface area contributed by atoms with Crippen molar-refractivity contribution < 1.29 is 19.1 Å². The largest absolute Gasteiger partial charge is 0.425 e. The smallest absolute Gasteiger partial charge is 0.329 e. The number of esters is 2. The number of benzene rings is 4. The molecule has 4 aromatic carbocycles. The van der Waals surface area contributed by atoms with Crippen LogP contribution < -0.4 is 9.47 Å². The molecule has 4 nitrogen and oxygen atoms in total. The highest BCUT2D eigenvalue weighted by atomic mass is 35.5. The summed E-state index contributed by atoms with van der Waals surface area (Å²) in [5, 5.41) is -1.26. The minimum absolute atomic E-state index is 0.0430. The lowest BCUT2D eigenvalue weighted by molar-refractivity contribution is -0.135. The molecule has 0 aliphatic carbocycles. The summed E-state index contributed by atoms with van der Waals surface area (Å²) in [7, 11) is 0. The van der Waals surface area contributed by atoms with Crippen molar-refractivity contribution in [1.82, 2.24) is 0 Å². The van der Waals surface area contributed by atoms with Crippen LogP contribution in [0.4, 0.5) is 0 Å². The van der Waals surface area contributed by atoms with Gasteiger partial charge in [0.15, 0.2) is 0 Å². The van der Waals surface area contributed by atoms with Gasteiger partial charge in [0.1, 0.15) is 22.3 Å². The molecule has 4 aromatic rings. The Kier molecular flexibility index (Phi) is 20.6. The van der Waals surface area contributed by atoms with Crippen LogP contribution in [0.1, 0.15) is 86.5 Å². The van der Waals surface area contributed by atoms with Gasteiger partial charge >= 0.3 is 11.9 Å². The van der Waals surface area contributed by atoms with Gasteiger partial charge in [0.2, 0.25) is 0 Å². The predicted molar refractivity (Wildman–Crippen MR) is 229 cm³/mol. The van der Waals surface area contributed by atoms with Gasteiger partial charge in [-0.05, 0) is 107 Å². The molecule has 0 aromatic heterocycles. The second-order valence-corrected chi connectivity index (χ2v) is 17.0. The van der Waals surface area contributed by atoms with Crippen molar-refractivity contribution in [3.05, 3.63) is 97.1 Å². The molecule has 0 saturated carbocycles. The molecule has 0 bridgehead atoms. The molecule has 0 amide bonds. The van der Waals surface area contributed by atoms with Gasteiger partial charge in [0.05, 0.1) is 0 Å². The molecule has 0 saturated heterocycles. The second-order valence-electron chi connectivity index (χ2n) is 13.7. The van der Waals surface area contributed by atoms with E-state index in [9.17, 15) is 9.59 Å². The van der Waals surface area contributed by atoms with E-state index in [0.717, 1.165) is 22.3 Å². The number of ether oxygens (including phenoxy) is 2. The summed E-state index contributed by atoms with van der Waals surface area (Å²) in [6, 6.07) is 32.3. The van der Waals surface area contributed by atoms with Crippen LogP contribution in [-0.4, -0.2) is 34.2 Å². The van der Waals surface area contributed by atoms with E-state index in [1.54, 1.807) is 0 Å². The molecule has 0 aliphatic heterocycles. The topological polar surface area (TPSA) is 52.6 Å². The molecule has 0 N–H and O–H groups in total. The van der Waals surface area contributed by atoms with Crippen LogP contribution in [-0.2, 0) is 9.59 Å². The maximum Gasteiger partial charge on any atom is 0.329 e. The van der Waals surface area contributed by atoms with Crippen molar-refractivity contribution >= 4 is 58.7 Å². The summed E-state index contributed by atoms with van der Waals surface area (Å²) < 4.78 is 10.7. The van der Waals surface area contributed by atoms with Gasteiger partial charge in [0.25, 0.3) is 0 Å². The number of rotatable bonds is 19. The maximum atomic E-state index is 11.9. The lowest BCUT2D eigenvalue weighted by atomic mass is 10.1. The fourth-order valence-corrected chi connectivity index (χ4v) is 6.98. The molecular formula is C45H56Cl2O4S2. The van der Waals surface area contributed by atoms with E-state index in [2.05, 4.69) is 62.4 Å². The first-order valence-electron chi connectivity index (χ1n) is 18.9. The minimum atomic E-state index is -0.628. The van der Waals surface area contributed by atoms with Crippen molar-refractivity contribution in [2.24, 2.45) is 11.8 Å². The van der Waals surface area contributed by atoms with E-state index >= 15 is 0 Å². The maximum absolute atomic E-state index is 11.9. The van der Waals surface area contributed by atoms with Crippen molar-refractivity contribution in [3.8, 4) is 33.8 Å². The summed E-state index contributed by atoms with van der Waals surface area (Å²) in [6.45, 7) is 12.1. The van der Waals surface area contributed by atoms with Crippen LogP contribution >= 0.6 is 46.7 Å². The Morgan fingerprint density at radius 1 is 0.491 bits per heavy atom. The summed E-state index contributed by atoms with van der Waals surface area (Å²) in [5.74, 6) is 2.67. The van der Waals surface area contributed by atoms with Gasteiger partial charge in [-0.2, -0.15) is 0 Å². The summed E-state index contributed by atoms with van der Waals surface area (Å²) in [6.07, 6.45) is 9.02. The van der Waals surface area contributed by atoms with E-state index in [-0.39, 0.29) is 11.8 Å². The van der Waals surface area contributed by atoms with E-state index < -0.39 is 22.7 Å². The van der Waals surface area contributed by atoms with Crippen molar-refractivity contribution in [1.29, 1.82) is 0 Å². The fourth-order valence-electron chi connectivity index (χ4n) is 5.07. The Bertz CT molecular complexity index is 1620. The predicted octanol–water partition coefficient (Wildman–Crippen LogP) is 14.0. The average Bonchev–Trinajstić information content (AvgIpc) is 3.17. The Balaban J connectivity index is 0.000000286. The lowest BCUT2D eigenvalue weighted by Crippen LogP contribution is -2.25. The Morgan fingerprint density at radius 3 is 1.11 bits per heavy atom. The zero-order chi connectivity index (χ0) is 38.6. The van der Waals surface area contributed by atoms with Gasteiger partial charge in [-0.25, -0.2) is 0 Å². The highest BCUT2D eigenvalue weighted by Crippen LogP contribution is 2.29. The number of carbonyl (C=O) groups excluding carboxylic acids is 2. The van der Waals surface area contributed by atoms with Crippen LogP contribution in [0.3, 0.4) is 0 Å². The first kappa shape index (κ1) is 44.5. The molecule has 286 valence electrons. The molecule has 0 spiro atoms. The zero-order valence-electron chi connectivity index (χ0n) is 32.1. The normalized spacial score (nSPS) is 12.2. The summed E-state index contributed by atoms with van der Waals surface area (Å²) in [4.78, 5) is 26.5. The van der Waals surface area contributed by atoms with E-state index in [4.69, 9.17) is 32.7 Å². The fraction of sp³-hybridized carbons (Fsp3) is 0.422. The third-order valence-corrected chi connectivity index (χ3v) is 12.0. The molecule has 0 heterocycles. The SMILES string of the molecule is CCCCCCSc1ccc(-c2ccc(OC(=O)[C@@H](Cl)C(C)C)cc2)cc1.CCCCCSc1ccc(-c2ccc(OC(=O)[C@@H](Cl)C(C)C)cc2)cc1. The first-order chi connectivity index (χ1) is 25.5. The zero-order valence-corrected chi connectivity index (χ0v) is 35.3. The number of thioether (sulfide) groups is 2. The van der Waals surface area contributed by atoms with E-state index in [1.165, 1.54) is 66.2 Å². The minimum Gasteiger partial charge on any atom is -0.425 e. The molecule has 0 radical (unpaired) electrons. The standard InChI is InChI=1S/C23H29ClO2S.C22H27ClO2S/c1-4-5-6-7-16-27-21-14-10-19(11-15-21)18-8-12-20(13-9-18)26-23(25)22(24)17(2)3;1-4-5-6-15-26-20-13-9-18(10-14-20)17-7-11-19(12-8-17)25-22(24)21(23)16(2)3/h8-15,17,22H,4-7,16H2,1-3H3;7-14,16,21H,4-6,15H2,1-3H3/t22-;21-/m00/s1. The van der Waals surface area contributed by atoms with Crippen LogP contribution in [0.15, 0.2) is 107 Å². The number of carbonyl (C=O) groups is 2. The Hall–Kier alpha value is -2.90. The quantitative estimate of drug-likeness (QED) is 0.0310. The van der Waals surface area contributed by atoms with Crippen molar-refractivity contribution in [2.45, 2.75) is 107 Å². The van der Waals surface area contributed by atoms with Crippen LogP contribution in [0.25, 0.3) is 22.3 Å². The number of alkyl halides is 2. The highest BCUT2D eigenvalue weighted by molar-refractivity contribution is 7.99. The summed E-state index contributed by atoms with van der Waals surface area (Å²) in [5.41, 5.74) is 4.50. The Labute approximate surface area is 337 Å². The van der Waals surface area contributed by atoms with Gasteiger partial charge in [-0.1, -0.05) is 122 Å². The third kappa shape index (κ3) is 16.2. The molecule has 4 rings (SSSR count). The van der Waals surface area contributed by atoms with E-state index in [0.29, 0.717) is 11.5 Å². The monoisotopic (exact) mass is 794 g/mol. The molecule has 0 fully saturated rings. The third-order valence-electron chi connectivity index (χ3n) is 8.43. The molecule has 53 heavy (non-hydrogen) atoms. The van der Waals surface area contributed by atoms with Crippen LogP contribution in [0.5, 0.6) is 11.5 Å². The van der Waals surface area contributed by atoms with Gasteiger partial charge in [0, 0.05) is 9.79 Å². The van der Waals surface area contributed by atoms with Gasteiger partial charge in [-0.3, -0.25) is 9.59 Å². The van der Waals surface area contributed by atoms with Crippen molar-refractivity contribution in [2.75, 3.05) is 11.5 Å². The molecule has 0 aliphatic rings. The molecule has 0 unspecified atom stereocenters. The molecule has 8 heteroatoms. The van der Waals surface area contributed by atoms with Crippen molar-refractivity contribution in [3.63, 3.8) is 0 Å². The second kappa shape index (κ2) is 24.5. The lowest BCUT2D eigenvalue weighted by Gasteiger charge is -2.12. The highest BCUT2D eigenvalue weighted by Gasteiger charge is 2.22. The number of hydrogen-bond donors (Lipinski definition) is 0. The number of halogens is 2. The molecular weight excluding hydrogens is 740 g/mol. The van der Waals surface area contributed by atoms with E-state index in [1.807, 2.05) is 99.7 Å². The summed E-state index contributed by atoms with van der Waals surface area (Å²) >= 11 is 15.9. The van der Waals surface area contributed by atoms with Crippen LogP contribution in [0.2, 0.25) is 0 Å².